The van der Waals surface area contributed by atoms with Gasteiger partial charge < -0.3 is 4.74 Å². The van der Waals surface area contributed by atoms with Crippen LogP contribution in [-0.2, 0) is 6.54 Å². The van der Waals surface area contributed by atoms with Crippen LogP contribution in [0.4, 0.5) is 0 Å². The minimum atomic E-state index is 0.542. The predicted octanol–water partition coefficient (Wildman–Crippen LogP) is 3.42. The van der Waals surface area contributed by atoms with Gasteiger partial charge in [0.1, 0.15) is 5.02 Å². The SMILES string of the molecule is Clc1cccnc1OCC1CCN(Cc2ccccn2)CC1. The van der Waals surface area contributed by atoms with Crippen LogP contribution in [0.15, 0.2) is 42.7 Å². The Morgan fingerprint density at radius 2 is 1.91 bits per heavy atom. The highest BCUT2D eigenvalue weighted by molar-refractivity contribution is 6.31. The second kappa shape index (κ2) is 7.56. The van der Waals surface area contributed by atoms with Crippen LogP contribution in [0.1, 0.15) is 18.5 Å². The van der Waals surface area contributed by atoms with Gasteiger partial charge in [-0.05, 0) is 56.1 Å². The Kier molecular flexibility index (Phi) is 5.24. The van der Waals surface area contributed by atoms with E-state index in [0.717, 1.165) is 38.2 Å². The van der Waals surface area contributed by atoms with Gasteiger partial charge in [0.15, 0.2) is 0 Å². The van der Waals surface area contributed by atoms with E-state index in [1.54, 1.807) is 12.3 Å². The van der Waals surface area contributed by atoms with Gasteiger partial charge in [-0.3, -0.25) is 9.88 Å². The Bertz CT molecular complexity index is 585. The fourth-order valence-electron chi connectivity index (χ4n) is 2.71. The fraction of sp³-hybridized carbons (Fsp3) is 0.412. The maximum Gasteiger partial charge on any atom is 0.232 e. The van der Waals surface area contributed by atoms with E-state index in [9.17, 15) is 0 Å². The molecule has 0 amide bonds. The minimum absolute atomic E-state index is 0.542. The molecule has 116 valence electrons. The van der Waals surface area contributed by atoms with Crippen molar-refractivity contribution < 1.29 is 4.74 Å². The molecule has 4 nitrogen and oxygen atoms in total. The summed E-state index contributed by atoms with van der Waals surface area (Å²) < 4.78 is 5.76. The van der Waals surface area contributed by atoms with Crippen LogP contribution in [-0.4, -0.2) is 34.6 Å². The van der Waals surface area contributed by atoms with Gasteiger partial charge in [-0.25, -0.2) is 4.98 Å². The van der Waals surface area contributed by atoms with Crippen molar-refractivity contribution in [3.05, 3.63) is 53.4 Å². The number of ether oxygens (including phenoxy) is 1. The zero-order chi connectivity index (χ0) is 15.2. The lowest BCUT2D eigenvalue weighted by molar-refractivity contribution is 0.133. The molecule has 3 heterocycles. The number of likely N-dealkylation sites (tertiary alicyclic amines) is 1. The average Bonchev–Trinajstić information content (AvgIpc) is 2.56. The monoisotopic (exact) mass is 317 g/mol. The molecule has 1 aliphatic rings. The number of nitrogens with zero attached hydrogens (tertiary/aromatic N) is 3. The molecule has 2 aromatic rings. The van der Waals surface area contributed by atoms with E-state index < -0.39 is 0 Å². The van der Waals surface area contributed by atoms with E-state index in [-0.39, 0.29) is 0 Å². The number of rotatable bonds is 5. The summed E-state index contributed by atoms with van der Waals surface area (Å²) in [7, 11) is 0. The molecule has 0 spiro atoms. The average molecular weight is 318 g/mol. The summed E-state index contributed by atoms with van der Waals surface area (Å²) in [5, 5.41) is 0.579. The lowest BCUT2D eigenvalue weighted by atomic mass is 9.98. The van der Waals surface area contributed by atoms with Gasteiger partial charge in [-0.1, -0.05) is 17.7 Å². The number of halogens is 1. The summed E-state index contributed by atoms with van der Waals surface area (Å²) >= 11 is 6.05. The van der Waals surface area contributed by atoms with Crippen molar-refractivity contribution in [2.75, 3.05) is 19.7 Å². The first-order chi connectivity index (χ1) is 10.8. The molecular weight excluding hydrogens is 298 g/mol. The van der Waals surface area contributed by atoms with Crippen LogP contribution < -0.4 is 4.74 Å². The molecule has 0 N–H and O–H groups in total. The van der Waals surface area contributed by atoms with E-state index in [1.807, 2.05) is 24.4 Å². The molecule has 0 radical (unpaired) electrons. The molecule has 0 aromatic carbocycles. The Morgan fingerprint density at radius 3 is 2.64 bits per heavy atom. The topological polar surface area (TPSA) is 38.2 Å². The summed E-state index contributed by atoms with van der Waals surface area (Å²) in [6.07, 6.45) is 5.83. The molecule has 0 atom stereocenters. The van der Waals surface area contributed by atoms with Crippen molar-refractivity contribution >= 4 is 11.6 Å². The van der Waals surface area contributed by atoms with Crippen LogP contribution in [0.25, 0.3) is 0 Å². The Balaban J connectivity index is 1.43. The molecule has 0 bridgehead atoms. The summed E-state index contributed by atoms with van der Waals surface area (Å²) in [5.41, 5.74) is 1.14. The summed E-state index contributed by atoms with van der Waals surface area (Å²) in [5.74, 6) is 1.11. The third kappa shape index (κ3) is 4.18. The zero-order valence-electron chi connectivity index (χ0n) is 12.5. The molecule has 1 saturated heterocycles. The third-order valence-electron chi connectivity index (χ3n) is 4.00. The number of pyridine rings is 2. The van der Waals surface area contributed by atoms with E-state index in [0.29, 0.717) is 23.4 Å². The smallest absolute Gasteiger partial charge is 0.232 e. The second-order valence-electron chi connectivity index (χ2n) is 5.64. The van der Waals surface area contributed by atoms with Gasteiger partial charge in [0.05, 0.1) is 12.3 Å². The summed E-state index contributed by atoms with van der Waals surface area (Å²) in [6, 6.07) is 9.69. The molecule has 1 aliphatic heterocycles. The van der Waals surface area contributed by atoms with Crippen molar-refractivity contribution in [1.82, 2.24) is 14.9 Å². The van der Waals surface area contributed by atoms with Crippen LogP contribution in [0, 0.1) is 5.92 Å². The normalized spacial score (nSPS) is 16.6. The van der Waals surface area contributed by atoms with Gasteiger partial charge in [-0.15, -0.1) is 0 Å². The van der Waals surface area contributed by atoms with E-state index in [4.69, 9.17) is 16.3 Å². The van der Waals surface area contributed by atoms with Crippen LogP contribution in [0.5, 0.6) is 5.88 Å². The summed E-state index contributed by atoms with van der Waals surface area (Å²) in [6.45, 7) is 3.79. The number of hydrogen-bond acceptors (Lipinski definition) is 4. The number of aromatic nitrogens is 2. The predicted molar refractivity (Wildman–Crippen MR) is 87.0 cm³/mol. The minimum Gasteiger partial charge on any atom is -0.476 e. The second-order valence-corrected chi connectivity index (χ2v) is 6.05. The largest absolute Gasteiger partial charge is 0.476 e. The van der Waals surface area contributed by atoms with E-state index in [1.165, 1.54) is 0 Å². The molecule has 22 heavy (non-hydrogen) atoms. The van der Waals surface area contributed by atoms with Crippen molar-refractivity contribution in [1.29, 1.82) is 0 Å². The molecule has 5 heteroatoms. The number of hydrogen-bond donors (Lipinski definition) is 0. The Labute approximate surface area is 136 Å². The van der Waals surface area contributed by atoms with Crippen LogP contribution in [0.2, 0.25) is 5.02 Å². The third-order valence-corrected chi connectivity index (χ3v) is 4.29. The standard InChI is InChI=1S/C17H20ClN3O/c18-16-5-3-9-20-17(16)22-13-14-6-10-21(11-7-14)12-15-4-1-2-8-19-15/h1-5,8-9,14H,6-7,10-13H2. The van der Waals surface area contributed by atoms with Gasteiger partial charge in [0.2, 0.25) is 5.88 Å². The van der Waals surface area contributed by atoms with Gasteiger partial charge in [-0.2, -0.15) is 0 Å². The maximum absolute atomic E-state index is 6.05. The van der Waals surface area contributed by atoms with E-state index >= 15 is 0 Å². The van der Waals surface area contributed by atoms with Gasteiger partial charge in [0, 0.05) is 18.9 Å². The maximum atomic E-state index is 6.05. The molecule has 2 aromatic heterocycles. The van der Waals surface area contributed by atoms with Crippen molar-refractivity contribution in [2.24, 2.45) is 5.92 Å². The van der Waals surface area contributed by atoms with Crippen LogP contribution >= 0.6 is 11.6 Å². The molecule has 0 aliphatic carbocycles. The van der Waals surface area contributed by atoms with Crippen LogP contribution in [0.3, 0.4) is 0 Å². The number of piperidine rings is 1. The molecule has 0 saturated carbocycles. The van der Waals surface area contributed by atoms with Crippen molar-refractivity contribution in [3.8, 4) is 5.88 Å². The van der Waals surface area contributed by atoms with Gasteiger partial charge in [0.25, 0.3) is 0 Å². The Morgan fingerprint density at radius 1 is 1.09 bits per heavy atom. The lowest BCUT2D eigenvalue weighted by Crippen LogP contribution is -2.35. The summed E-state index contributed by atoms with van der Waals surface area (Å²) in [4.78, 5) is 11.0. The zero-order valence-corrected chi connectivity index (χ0v) is 13.2. The Hall–Kier alpha value is -1.65. The molecule has 1 fully saturated rings. The highest BCUT2D eigenvalue weighted by Gasteiger charge is 2.20. The van der Waals surface area contributed by atoms with Crippen molar-refractivity contribution in [2.45, 2.75) is 19.4 Å². The first kappa shape index (κ1) is 15.3. The first-order valence-electron chi connectivity index (χ1n) is 7.67. The molecular formula is C17H20ClN3O. The molecule has 0 unspecified atom stereocenters. The lowest BCUT2D eigenvalue weighted by Gasteiger charge is -2.31. The molecule has 3 rings (SSSR count). The van der Waals surface area contributed by atoms with Gasteiger partial charge >= 0.3 is 0 Å². The fourth-order valence-corrected chi connectivity index (χ4v) is 2.88. The highest BCUT2D eigenvalue weighted by atomic mass is 35.5. The quantitative estimate of drug-likeness (QED) is 0.847. The van der Waals surface area contributed by atoms with Crippen molar-refractivity contribution in [3.63, 3.8) is 0 Å². The van der Waals surface area contributed by atoms with E-state index in [2.05, 4.69) is 20.9 Å². The highest BCUT2D eigenvalue weighted by Crippen LogP contribution is 2.23. The first-order valence-corrected chi connectivity index (χ1v) is 8.04.